The van der Waals surface area contributed by atoms with Crippen molar-refractivity contribution in [1.29, 1.82) is 0 Å². The van der Waals surface area contributed by atoms with E-state index in [4.69, 9.17) is 9.47 Å². The van der Waals surface area contributed by atoms with Gasteiger partial charge in [-0.1, -0.05) is 79.7 Å². The lowest BCUT2D eigenvalue weighted by molar-refractivity contribution is -0.117. The molecule has 9 nitrogen and oxygen atoms in total. The van der Waals surface area contributed by atoms with E-state index >= 15 is 0 Å². The van der Waals surface area contributed by atoms with E-state index in [1.807, 2.05) is 89.8 Å². The molecule has 4 amide bonds. The van der Waals surface area contributed by atoms with Crippen molar-refractivity contribution in [2.45, 2.75) is 51.5 Å². The molecule has 9 heteroatoms. The van der Waals surface area contributed by atoms with Crippen molar-refractivity contribution in [3.63, 3.8) is 0 Å². The minimum absolute atomic E-state index is 0.0709. The van der Waals surface area contributed by atoms with Crippen LogP contribution in [0.4, 0.5) is 16.2 Å². The SMILES string of the molecule is CC(=O)N1c2cc(OCCCNC(=O)N3CCOCC3)c(NC(=O)c3ccc(-c4ccccc4)cc3)cc2C(C)(c2ccccc2)CC1(C)C. The van der Waals surface area contributed by atoms with Gasteiger partial charge in [0.15, 0.2) is 0 Å². The number of urea groups is 1. The predicted octanol–water partition coefficient (Wildman–Crippen LogP) is 7.26. The fourth-order valence-electron chi connectivity index (χ4n) is 7.41. The molecule has 2 aliphatic rings. The van der Waals surface area contributed by atoms with E-state index in [2.05, 4.69) is 43.5 Å². The number of rotatable bonds is 9. The minimum atomic E-state index is -0.504. The van der Waals surface area contributed by atoms with Crippen molar-refractivity contribution in [2.24, 2.45) is 0 Å². The molecule has 4 aromatic carbocycles. The molecule has 0 radical (unpaired) electrons. The maximum absolute atomic E-state index is 13.8. The zero-order valence-corrected chi connectivity index (χ0v) is 29.3. The Morgan fingerprint density at radius 3 is 2.14 bits per heavy atom. The highest BCUT2D eigenvalue weighted by Crippen LogP contribution is 2.53. The summed E-state index contributed by atoms with van der Waals surface area (Å²) in [4.78, 5) is 43.2. The number of fused-ring (bicyclic) bond motifs is 1. The number of benzene rings is 4. The molecule has 2 N–H and O–H groups in total. The molecule has 2 aliphatic heterocycles. The Morgan fingerprint density at radius 2 is 1.48 bits per heavy atom. The summed E-state index contributed by atoms with van der Waals surface area (Å²) < 4.78 is 11.7. The van der Waals surface area contributed by atoms with Crippen molar-refractivity contribution in [3.8, 4) is 16.9 Å². The maximum atomic E-state index is 13.8. The third kappa shape index (κ3) is 7.38. The Labute approximate surface area is 294 Å². The lowest BCUT2D eigenvalue weighted by Gasteiger charge is -2.51. The van der Waals surface area contributed by atoms with Gasteiger partial charge >= 0.3 is 6.03 Å². The lowest BCUT2D eigenvalue weighted by atomic mass is 9.65. The second-order valence-electron chi connectivity index (χ2n) is 13.8. The van der Waals surface area contributed by atoms with Crippen molar-refractivity contribution >= 4 is 29.2 Å². The Balaban J connectivity index is 1.31. The first-order chi connectivity index (χ1) is 24.1. The standard InChI is InChI=1S/C41H46N4O5/c1-29(46)45-36-27-37(50-23-11-20-42-39(48)44-21-24-49-25-22-44)35(26-34(36)41(4,28-40(45,2)3)33-14-9-6-10-15-33)43-38(47)32-18-16-31(17-19-32)30-12-7-5-8-13-30/h5-10,12-19,26-27H,11,20-25,28H2,1-4H3,(H,42,48)(H,43,47). The number of carbonyl (C=O) groups is 3. The predicted molar refractivity (Wildman–Crippen MR) is 197 cm³/mol. The van der Waals surface area contributed by atoms with Gasteiger partial charge < -0.3 is 29.9 Å². The Bertz CT molecular complexity index is 1820. The molecule has 4 aromatic rings. The van der Waals surface area contributed by atoms with Gasteiger partial charge in [-0.05, 0) is 67.1 Å². The molecule has 0 bridgehead atoms. The maximum Gasteiger partial charge on any atom is 0.317 e. The van der Waals surface area contributed by atoms with Gasteiger partial charge in [0, 0.05) is 49.1 Å². The molecule has 1 saturated heterocycles. The average molecular weight is 675 g/mol. The first-order valence-electron chi connectivity index (χ1n) is 17.3. The van der Waals surface area contributed by atoms with Crippen LogP contribution < -0.4 is 20.3 Å². The zero-order chi connectivity index (χ0) is 35.3. The molecular formula is C41H46N4O5. The third-order valence-electron chi connectivity index (χ3n) is 9.71. The van der Waals surface area contributed by atoms with Crippen LogP contribution in [0.2, 0.25) is 0 Å². The second kappa shape index (κ2) is 14.8. The Hall–Kier alpha value is -5.15. The van der Waals surface area contributed by atoms with Gasteiger partial charge in [-0.15, -0.1) is 0 Å². The molecule has 0 spiro atoms. The summed E-state index contributed by atoms with van der Waals surface area (Å²) in [5, 5.41) is 6.10. The molecule has 260 valence electrons. The molecule has 0 saturated carbocycles. The van der Waals surface area contributed by atoms with E-state index < -0.39 is 11.0 Å². The number of morpholine rings is 1. The first-order valence-corrected chi connectivity index (χ1v) is 17.3. The van der Waals surface area contributed by atoms with Gasteiger partial charge in [0.25, 0.3) is 5.91 Å². The number of nitrogens with zero attached hydrogens (tertiary/aromatic N) is 2. The van der Waals surface area contributed by atoms with Crippen LogP contribution in [0.15, 0.2) is 97.1 Å². The monoisotopic (exact) mass is 674 g/mol. The number of hydrogen-bond acceptors (Lipinski definition) is 5. The highest BCUT2D eigenvalue weighted by atomic mass is 16.5. The van der Waals surface area contributed by atoms with Crippen LogP contribution in [-0.2, 0) is 14.9 Å². The van der Waals surface area contributed by atoms with Crippen LogP contribution in [0.25, 0.3) is 11.1 Å². The van der Waals surface area contributed by atoms with Crippen LogP contribution in [-0.4, -0.2) is 67.7 Å². The van der Waals surface area contributed by atoms with E-state index in [-0.39, 0.29) is 24.5 Å². The average Bonchev–Trinajstić information content (AvgIpc) is 3.12. The number of hydrogen-bond donors (Lipinski definition) is 2. The van der Waals surface area contributed by atoms with E-state index in [1.54, 1.807) is 11.8 Å². The quantitative estimate of drug-likeness (QED) is 0.182. The molecule has 1 atom stereocenters. The molecule has 1 unspecified atom stereocenters. The largest absolute Gasteiger partial charge is 0.491 e. The van der Waals surface area contributed by atoms with E-state index in [0.717, 1.165) is 27.9 Å². The van der Waals surface area contributed by atoms with Crippen molar-refractivity contribution in [3.05, 3.63) is 114 Å². The van der Waals surface area contributed by atoms with Crippen LogP contribution in [0.1, 0.15) is 62.0 Å². The van der Waals surface area contributed by atoms with Crippen molar-refractivity contribution in [2.75, 3.05) is 49.7 Å². The number of anilines is 2. The molecule has 1 fully saturated rings. The summed E-state index contributed by atoms with van der Waals surface area (Å²) >= 11 is 0. The third-order valence-corrected chi connectivity index (χ3v) is 9.71. The second-order valence-corrected chi connectivity index (χ2v) is 13.8. The molecule has 6 rings (SSSR count). The van der Waals surface area contributed by atoms with Crippen LogP contribution in [0.5, 0.6) is 5.75 Å². The summed E-state index contributed by atoms with van der Waals surface area (Å²) in [6, 6.07) is 31.6. The summed E-state index contributed by atoms with van der Waals surface area (Å²) in [7, 11) is 0. The highest BCUT2D eigenvalue weighted by Gasteiger charge is 2.47. The van der Waals surface area contributed by atoms with Crippen LogP contribution >= 0.6 is 0 Å². The Kier molecular flexibility index (Phi) is 10.2. The normalized spacial score (nSPS) is 18.2. The lowest BCUT2D eigenvalue weighted by Crippen LogP contribution is -2.55. The number of amides is 4. The van der Waals surface area contributed by atoms with Gasteiger partial charge in [-0.2, -0.15) is 0 Å². The van der Waals surface area contributed by atoms with E-state index in [9.17, 15) is 14.4 Å². The summed E-state index contributed by atoms with van der Waals surface area (Å²) in [5.41, 5.74) is 4.95. The number of nitrogens with one attached hydrogen (secondary N) is 2. The summed E-state index contributed by atoms with van der Waals surface area (Å²) in [6.45, 7) is 10.9. The molecule has 0 aromatic heterocycles. The molecule has 2 heterocycles. The topological polar surface area (TPSA) is 100 Å². The smallest absolute Gasteiger partial charge is 0.317 e. The van der Waals surface area contributed by atoms with Gasteiger partial charge in [0.2, 0.25) is 5.91 Å². The van der Waals surface area contributed by atoms with Gasteiger partial charge in [-0.3, -0.25) is 9.59 Å². The Morgan fingerprint density at radius 1 is 0.840 bits per heavy atom. The fraction of sp³-hybridized carbons (Fsp3) is 0.341. The van der Waals surface area contributed by atoms with Gasteiger partial charge in [0.1, 0.15) is 5.75 Å². The summed E-state index contributed by atoms with van der Waals surface area (Å²) in [5.74, 6) is 0.114. The van der Waals surface area contributed by atoms with Crippen molar-refractivity contribution in [1.82, 2.24) is 10.2 Å². The summed E-state index contributed by atoms with van der Waals surface area (Å²) in [6.07, 6.45) is 1.22. The highest BCUT2D eigenvalue weighted by molar-refractivity contribution is 6.06. The van der Waals surface area contributed by atoms with Gasteiger partial charge in [-0.25, -0.2) is 4.79 Å². The van der Waals surface area contributed by atoms with Crippen LogP contribution in [0, 0.1) is 0 Å². The molecule has 50 heavy (non-hydrogen) atoms. The first kappa shape index (κ1) is 34.7. The van der Waals surface area contributed by atoms with Gasteiger partial charge in [0.05, 0.1) is 31.2 Å². The van der Waals surface area contributed by atoms with Crippen molar-refractivity contribution < 1.29 is 23.9 Å². The minimum Gasteiger partial charge on any atom is -0.491 e. The molecule has 0 aliphatic carbocycles. The van der Waals surface area contributed by atoms with Crippen LogP contribution in [0.3, 0.4) is 0 Å². The van der Waals surface area contributed by atoms with E-state index in [1.165, 1.54) is 0 Å². The van der Waals surface area contributed by atoms with E-state index in [0.29, 0.717) is 62.7 Å². The molecular weight excluding hydrogens is 628 g/mol. The number of carbonyl (C=O) groups excluding carboxylic acids is 3. The zero-order valence-electron chi connectivity index (χ0n) is 29.3. The number of ether oxygens (including phenoxy) is 2. The fourth-order valence-corrected chi connectivity index (χ4v) is 7.41.